The van der Waals surface area contributed by atoms with Crippen LogP contribution in [0.4, 0.5) is 10.6 Å². The Morgan fingerprint density at radius 3 is 2.32 bits per heavy atom. The lowest BCUT2D eigenvalue weighted by atomic mass is 9.98. The SMILES string of the molecule is CC(NC(=O)c1cc(NC(=O)OCC2c3ccccc3-c3ccccc32)n[nH]1)C(=O)O. The van der Waals surface area contributed by atoms with Crippen LogP contribution < -0.4 is 10.6 Å². The largest absolute Gasteiger partial charge is 0.480 e. The second-order valence-corrected chi connectivity index (χ2v) is 7.15. The highest BCUT2D eigenvalue weighted by Gasteiger charge is 2.29. The number of fused-ring (bicyclic) bond motifs is 3. The number of amides is 2. The van der Waals surface area contributed by atoms with Crippen molar-refractivity contribution in [2.75, 3.05) is 11.9 Å². The summed E-state index contributed by atoms with van der Waals surface area (Å²) in [7, 11) is 0. The summed E-state index contributed by atoms with van der Waals surface area (Å²) in [5.41, 5.74) is 4.48. The molecule has 9 nitrogen and oxygen atoms in total. The molecule has 4 rings (SSSR count). The Labute approximate surface area is 177 Å². The second kappa shape index (κ2) is 8.31. The number of benzene rings is 2. The first-order valence-corrected chi connectivity index (χ1v) is 9.65. The van der Waals surface area contributed by atoms with Crippen LogP contribution in [0.3, 0.4) is 0 Å². The molecule has 1 heterocycles. The number of anilines is 1. The molecule has 2 aromatic carbocycles. The number of nitrogens with zero attached hydrogens (tertiary/aromatic N) is 1. The third kappa shape index (κ3) is 4.11. The van der Waals surface area contributed by atoms with Gasteiger partial charge in [0.15, 0.2) is 5.82 Å². The van der Waals surface area contributed by atoms with Gasteiger partial charge in [0.1, 0.15) is 18.3 Å². The van der Waals surface area contributed by atoms with E-state index in [4.69, 9.17) is 9.84 Å². The zero-order chi connectivity index (χ0) is 22.0. The fraction of sp³-hybridized carbons (Fsp3) is 0.182. The van der Waals surface area contributed by atoms with E-state index in [9.17, 15) is 14.4 Å². The highest BCUT2D eigenvalue weighted by molar-refractivity contribution is 5.96. The smallest absolute Gasteiger partial charge is 0.412 e. The Balaban J connectivity index is 1.38. The number of rotatable bonds is 6. The summed E-state index contributed by atoms with van der Waals surface area (Å²) >= 11 is 0. The van der Waals surface area contributed by atoms with Crippen LogP contribution in [0.5, 0.6) is 0 Å². The third-order valence-corrected chi connectivity index (χ3v) is 5.11. The van der Waals surface area contributed by atoms with Gasteiger partial charge in [0, 0.05) is 12.0 Å². The van der Waals surface area contributed by atoms with Crippen molar-refractivity contribution in [2.24, 2.45) is 0 Å². The van der Waals surface area contributed by atoms with Gasteiger partial charge in [-0.2, -0.15) is 5.10 Å². The summed E-state index contributed by atoms with van der Waals surface area (Å²) in [4.78, 5) is 35.1. The predicted molar refractivity (Wildman–Crippen MR) is 112 cm³/mol. The molecule has 1 aromatic heterocycles. The molecular weight excluding hydrogens is 400 g/mol. The van der Waals surface area contributed by atoms with E-state index in [1.807, 2.05) is 36.4 Å². The van der Waals surface area contributed by atoms with Crippen LogP contribution in [-0.2, 0) is 9.53 Å². The van der Waals surface area contributed by atoms with Crippen molar-refractivity contribution in [3.63, 3.8) is 0 Å². The van der Waals surface area contributed by atoms with E-state index >= 15 is 0 Å². The van der Waals surface area contributed by atoms with Crippen molar-refractivity contribution in [1.29, 1.82) is 0 Å². The third-order valence-electron chi connectivity index (χ3n) is 5.11. The lowest BCUT2D eigenvalue weighted by Crippen LogP contribution is -2.38. The van der Waals surface area contributed by atoms with Crippen LogP contribution in [-0.4, -0.2) is 45.9 Å². The normalized spacial score (nSPS) is 13.1. The number of aromatic nitrogens is 2. The van der Waals surface area contributed by atoms with Crippen molar-refractivity contribution in [3.8, 4) is 11.1 Å². The van der Waals surface area contributed by atoms with Crippen molar-refractivity contribution < 1.29 is 24.2 Å². The molecule has 158 valence electrons. The highest BCUT2D eigenvalue weighted by Crippen LogP contribution is 2.44. The van der Waals surface area contributed by atoms with Gasteiger partial charge in [0.05, 0.1) is 0 Å². The maximum Gasteiger partial charge on any atom is 0.412 e. The minimum atomic E-state index is -1.16. The zero-order valence-corrected chi connectivity index (χ0v) is 16.6. The second-order valence-electron chi connectivity index (χ2n) is 7.15. The number of H-pyrrole nitrogens is 1. The summed E-state index contributed by atoms with van der Waals surface area (Å²) in [6, 6.07) is 16.3. The summed E-state index contributed by atoms with van der Waals surface area (Å²) in [6.07, 6.45) is -0.709. The molecule has 0 spiro atoms. The molecule has 0 bridgehead atoms. The molecule has 1 unspecified atom stereocenters. The molecule has 31 heavy (non-hydrogen) atoms. The quantitative estimate of drug-likeness (QED) is 0.484. The van der Waals surface area contributed by atoms with Gasteiger partial charge in [-0.05, 0) is 29.2 Å². The van der Waals surface area contributed by atoms with Gasteiger partial charge >= 0.3 is 12.1 Å². The molecule has 0 radical (unpaired) electrons. The van der Waals surface area contributed by atoms with Crippen molar-refractivity contribution in [1.82, 2.24) is 15.5 Å². The molecule has 9 heteroatoms. The van der Waals surface area contributed by atoms with E-state index in [2.05, 4.69) is 33.0 Å². The average molecular weight is 420 g/mol. The predicted octanol–water partition coefficient (Wildman–Crippen LogP) is 2.97. The number of hydrogen-bond acceptors (Lipinski definition) is 5. The van der Waals surface area contributed by atoms with Crippen molar-refractivity contribution >= 4 is 23.8 Å². The number of carbonyl (C=O) groups is 3. The number of carbonyl (C=O) groups excluding carboxylic acids is 2. The molecule has 4 N–H and O–H groups in total. The van der Waals surface area contributed by atoms with Crippen LogP contribution >= 0.6 is 0 Å². The minimum Gasteiger partial charge on any atom is -0.480 e. The van der Waals surface area contributed by atoms with E-state index in [1.165, 1.54) is 13.0 Å². The highest BCUT2D eigenvalue weighted by atomic mass is 16.5. The minimum absolute atomic E-state index is 0.0158. The van der Waals surface area contributed by atoms with E-state index < -0.39 is 24.0 Å². The molecule has 0 saturated carbocycles. The van der Waals surface area contributed by atoms with Crippen LogP contribution in [0.1, 0.15) is 34.5 Å². The Bertz CT molecular complexity index is 1110. The molecule has 1 aliphatic rings. The van der Waals surface area contributed by atoms with Crippen LogP contribution in [0.15, 0.2) is 54.6 Å². The van der Waals surface area contributed by atoms with E-state index in [-0.39, 0.29) is 24.0 Å². The number of carboxylic acid groups (broad SMARTS) is 1. The van der Waals surface area contributed by atoms with Crippen LogP contribution in [0.2, 0.25) is 0 Å². The fourth-order valence-electron chi connectivity index (χ4n) is 3.58. The summed E-state index contributed by atoms with van der Waals surface area (Å²) in [5.74, 6) is -1.80. The number of ether oxygens (including phenoxy) is 1. The first-order valence-electron chi connectivity index (χ1n) is 9.65. The van der Waals surface area contributed by atoms with Crippen molar-refractivity contribution in [2.45, 2.75) is 18.9 Å². The van der Waals surface area contributed by atoms with Crippen LogP contribution in [0, 0.1) is 0 Å². The first-order chi connectivity index (χ1) is 14.9. The average Bonchev–Trinajstić information content (AvgIpc) is 3.35. The van der Waals surface area contributed by atoms with Gasteiger partial charge in [-0.1, -0.05) is 48.5 Å². The molecule has 0 fully saturated rings. The first kappa shape index (κ1) is 20.1. The van der Waals surface area contributed by atoms with Crippen molar-refractivity contribution in [3.05, 3.63) is 71.4 Å². The van der Waals surface area contributed by atoms with Gasteiger partial charge in [0.2, 0.25) is 0 Å². The summed E-state index contributed by atoms with van der Waals surface area (Å²) < 4.78 is 5.43. The number of hydrogen-bond donors (Lipinski definition) is 4. The Morgan fingerprint density at radius 2 is 1.71 bits per heavy atom. The van der Waals surface area contributed by atoms with Crippen LogP contribution in [0.25, 0.3) is 11.1 Å². The fourth-order valence-corrected chi connectivity index (χ4v) is 3.58. The molecule has 0 aliphatic heterocycles. The lowest BCUT2D eigenvalue weighted by Gasteiger charge is -2.14. The summed E-state index contributed by atoms with van der Waals surface area (Å²) in [6.45, 7) is 1.49. The summed E-state index contributed by atoms with van der Waals surface area (Å²) in [5, 5.41) is 19.9. The monoisotopic (exact) mass is 420 g/mol. The lowest BCUT2D eigenvalue weighted by molar-refractivity contribution is -0.138. The molecule has 1 aliphatic carbocycles. The molecular formula is C22H20N4O5. The van der Waals surface area contributed by atoms with E-state index in [1.54, 1.807) is 0 Å². The zero-order valence-electron chi connectivity index (χ0n) is 16.6. The maximum atomic E-state index is 12.3. The van der Waals surface area contributed by atoms with Gasteiger partial charge < -0.3 is 15.2 Å². The standard InChI is InChI=1S/C22H20N4O5/c1-12(21(28)29)23-20(27)18-10-19(26-25-18)24-22(30)31-11-17-15-8-4-2-6-13(15)14-7-3-5-9-16(14)17/h2-10,12,17H,11H2,1H3,(H,23,27)(H,28,29)(H2,24,25,26,30). The number of carboxylic acids is 1. The maximum absolute atomic E-state index is 12.3. The molecule has 0 saturated heterocycles. The van der Waals surface area contributed by atoms with E-state index in [0.717, 1.165) is 22.3 Å². The van der Waals surface area contributed by atoms with Gasteiger partial charge in [0.25, 0.3) is 5.91 Å². The molecule has 1 atom stereocenters. The number of nitrogens with one attached hydrogen (secondary N) is 3. The van der Waals surface area contributed by atoms with E-state index in [0.29, 0.717) is 0 Å². The molecule has 2 amide bonds. The topological polar surface area (TPSA) is 133 Å². The molecule has 3 aromatic rings. The Kier molecular flexibility index (Phi) is 5.40. The Hall–Kier alpha value is -4.14. The number of aromatic amines is 1. The number of aliphatic carboxylic acids is 1. The van der Waals surface area contributed by atoms with Gasteiger partial charge in [-0.15, -0.1) is 0 Å². The Morgan fingerprint density at radius 1 is 1.10 bits per heavy atom. The van der Waals surface area contributed by atoms with Gasteiger partial charge in [-0.3, -0.25) is 20.0 Å². The van der Waals surface area contributed by atoms with Gasteiger partial charge in [-0.25, -0.2) is 4.79 Å².